The zero-order valence-corrected chi connectivity index (χ0v) is 14.4. The van der Waals surface area contributed by atoms with Crippen molar-refractivity contribution in [1.82, 2.24) is 0 Å². The molecule has 0 aromatic heterocycles. The molecule has 0 saturated heterocycles. The van der Waals surface area contributed by atoms with Gasteiger partial charge in [0.25, 0.3) is 0 Å². The Morgan fingerprint density at radius 3 is 2.31 bits per heavy atom. The Bertz CT molecular complexity index is 180. The van der Waals surface area contributed by atoms with Crippen LogP contribution in [0.15, 0.2) is 0 Å². The summed E-state index contributed by atoms with van der Waals surface area (Å²) < 4.78 is 6.54. The van der Waals surface area contributed by atoms with Gasteiger partial charge in [-0.15, -0.1) is 12.4 Å². The van der Waals surface area contributed by atoms with Gasteiger partial charge in [-0.3, -0.25) is 0 Å². The van der Waals surface area contributed by atoms with Gasteiger partial charge < -0.3 is 0 Å². The van der Waals surface area contributed by atoms with E-state index in [0.29, 0.717) is 6.04 Å². The van der Waals surface area contributed by atoms with Crippen LogP contribution in [0.25, 0.3) is 0 Å². The van der Waals surface area contributed by atoms with Crippen molar-refractivity contribution in [2.45, 2.75) is 56.4 Å². The van der Waals surface area contributed by atoms with Crippen molar-refractivity contribution in [2.24, 2.45) is 17.6 Å². The van der Waals surface area contributed by atoms with Gasteiger partial charge in [-0.25, -0.2) is 0 Å². The number of hydrogen-bond donors (Lipinski definition) is 1. The normalized spacial score (nSPS) is 29.2. The van der Waals surface area contributed by atoms with E-state index in [1.807, 2.05) is 0 Å². The third-order valence-electron chi connectivity index (χ3n) is 3.61. The first-order valence-electron chi connectivity index (χ1n) is 6.29. The molecule has 2 nitrogen and oxygen atoms in total. The first-order valence-corrected chi connectivity index (χ1v) is 9.11. The monoisotopic (exact) mass is 355 g/mol. The molecule has 4 heteroatoms. The van der Waals surface area contributed by atoms with Crippen LogP contribution >= 0.6 is 12.4 Å². The molecule has 1 aliphatic rings. The van der Waals surface area contributed by atoms with E-state index in [4.69, 9.17) is 8.81 Å². The summed E-state index contributed by atoms with van der Waals surface area (Å²) in [7, 11) is 0. The van der Waals surface area contributed by atoms with Crippen molar-refractivity contribution >= 4 is 34.0 Å². The molecule has 1 rings (SSSR count). The number of nitrogens with two attached hydrogens (primary N) is 1. The van der Waals surface area contributed by atoms with E-state index in [1.165, 1.54) is 25.7 Å². The molecule has 0 amide bonds. The molecule has 16 heavy (non-hydrogen) atoms. The third kappa shape index (κ3) is 5.11. The molecule has 4 atom stereocenters. The van der Waals surface area contributed by atoms with E-state index < -0.39 is 21.6 Å². The van der Waals surface area contributed by atoms with Crippen molar-refractivity contribution in [2.75, 3.05) is 6.61 Å². The molecule has 0 aromatic rings. The van der Waals surface area contributed by atoms with Crippen LogP contribution in [0.4, 0.5) is 0 Å². The minimum Gasteiger partial charge on any atom is -0.147 e. The smallest absolute Gasteiger partial charge is 0.147 e. The molecule has 0 bridgehead atoms. The molecular weight excluding hydrogens is 328 g/mol. The fraction of sp³-hybridized carbons (Fsp3) is 1.00. The summed E-state index contributed by atoms with van der Waals surface area (Å²) in [5.74, 6) is 1.62. The molecule has 96 valence electrons. The summed E-state index contributed by atoms with van der Waals surface area (Å²) in [4.78, 5) is 0. The Balaban J connectivity index is 0.00000225. The molecule has 2 radical (unpaired) electrons. The third-order valence-corrected chi connectivity index (χ3v) is 7.19. The second-order valence-electron chi connectivity index (χ2n) is 4.81. The van der Waals surface area contributed by atoms with Gasteiger partial charge in [0.2, 0.25) is 0 Å². The van der Waals surface area contributed by atoms with Crippen molar-refractivity contribution in [3.05, 3.63) is 0 Å². The first-order chi connectivity index (χ1) is 7.16. The predicted molar refractivity (Wildman–Crippen MR) is 73.1 cm³/mol. The average Bonchev–Trinajstić information content (AvgIpc) is 2.25. The van der Waals surface area contributed by atoms with Crippen molar-refractivity contribution in [3.63, 3.8) is 0 Å². The van der Waals surface area contributed by atoms with Gasteiger partial charge in [-0.2, -0.15) is 0 Å². The number of hydrogen-bond acceptors (Lipinski definition) is 2. The maximum absolute atomic E-state index is 6.10. The van der Waals surface area contributed by atoms with Gasteiger partial charge in [0, 0.05) is 0 Å². The minimum absolute atomic E-state index is 0. The maximum Gasteiger partial charge on any atom is -0.147 e. The average molecular weight is 355 g/mol. The van der Waals surface area contributed by atoms with Gasteiger partial charge in [0.1, 0.15) is 0 Å². The van der Waals surface area contributed by atoms with Gasteiger partial charge in [0.05, 0.1) is 0 Å². The zero-order chi connectivity index (χ0) is 11.3. The Kier molecular flexibility index (Phi) is 9.58. The summed E-state index contributed by atoms with van der Waals surface area (Å²) >= 11 is -0.605. The van der Waals surface area contributed by atoms with E-state index in [9.17, 15) is 0 Å². The van der Waals surface area contributed by atoms with Crippen molar-refractivity contribution < 1.29 is 3.07 Å². The zero-order valence-electron chi connectivity index (χ0n) is 10.7. The summed E-state index contributed by atoms with van der Waals surface area (Å²) in [5.41, 5.74) is 6.10. The fourth-order valence-electron chi connectivity index (χ4n) is 2.76. The largest absolute Gasteiger partial charge is 0.147 e. The SMILES string of the molecule is CC[O][Sn][CH](C)C1CCCCC1C(C)N.Cl. The van der Waals surface area contributed by atoms with Crippen LogP contribution in [0.5, 0.6) is 0 Å². The van der Waals surface area contributed by atoms with Crippen LogP contribution < -0.4 is 5.73 Å². The molecule has 0 aliphatic heterocycles. The van der Waals surface area contributed by atoms with Gasteiger partial charge in [0.15, 0.2) is 0 Å². The first kappa shape index (κ1) is 17.0. The second-order valence-corrected chi connectivity index (χ2v) is 8.91. The van der Waals surface area contributed by atoms with E-state index in [-0.39, 0.29) is 12.4 Å². The van der Waals surface area contributed by atoms with Crippen LogP contribution in [0.2, 0.25) is 3.93 Å². The van der Waals surface area contributed by atoms with Crippen molar-refractivity contribution in [3.8, 4) is 0 Å². The number of rotatable bonds is 5. The molecular formula is C12H26ClNOSn. The summed E-state index contributed by atoms with van der Waals surface area (Å²) in [5, 5.41) is 0. The van der Waals surface area contributed by atoms with Crippen LogP contribution in [0.1, 0.15) is 46.5 Å². The Morgan fingerprint density at radius 2 is 1.81 bits per heavy atom. The molecule has 1 saturated carbocycles. The Labute approximate surface area is 117 Å². The molecule has 0 aromatic carbocycles. The standard InChI is InChI=1S/C10H20N.C2H5O.ClH.Sn/c1-3-9-6-4-5-7-10(9)8(2)11;1-2-3;;/h3,8-10H,4-7,11H2,1-2H3;2H2,1H3;1H;/q;-1;;+1. The Hall–Kier alpha value is 1.01. The number of halogens is 1. The molecule has 4 unspecified atom stereocenters. The van der Waals surface area contributed by atoms with Crippen molar-refractivity contribution in [1.29, 1.82) is 0 Å². The molecule has 0 heterocycles. The quantitative estimate of drug-likeness (QED) is 0.770. The van der Waals surface area contributed by atoms with Gasteiger partial charge in [-0.1, -0.05) is 0 Å². The second kappa shape index (κ2) is 9.01. The van der Waals surface area contributed by atoms with Crippen LogP contribution in [0.3, 0.4) is 0 Å². The summed E-state index contributed by atoms with van der Waals surface area (Å²) in [6.07, 6.45) is 5.53. The fourth-order valence-corrected chi connectivity index (χ4v) is 5.67. The predicted octanol–water partition coefficient (Wildman–Crippen LogP) is 3.03. The summed E-state index contributed by atoms with van der Waals surface area (Å²) in [6.45, 7) is 7.60. The van der Waals surface area contributed by atoms with Gasteiger partial charge in [-0.05, 0) is 0 Å². The summed E-state index contributed by atoms with van der Waals surface area (Å²) in [6, 6.07) is 0.374. The van der Waals surface area contributed by atoms with Crippen LogP contribution in [0, 0.1) is 11.8 Å². The van der Waals surface area contributed by atoms with Gasteiger partial charge >= 0.3 is 105 Å². The van der Waals surface area contributed by atoms with E-state index >= 15 is 0 Å². The van der Waals surface area contributed by atoms with E-state index in [2.05, 4.69) is 20.8 Å². The van der Waals surface area contributed by atoms with E-state index in [0.717, 1.165) is 22.4 Å². The molecule has 1 fully saturated rings. The maximum atomic E-state index is 6.10. The minimum atomic E-state index is -0.605. The topological polar surface area (TPSA) is 35.2 Å². The molecule has 0 spiro atoms. The van der Waals surface area contributed by atoms with E-state index in [1.54, 1.807) is 0 Å². The molecule has 2 N–H and O–H groups in total. The van der Waals surface area contributed by atoms with Crippen LogP contribution in [-0.2, 0) is 3.07 Å². The molecule has 1 aliphatic carbocycles. The Morgan fingerprint density at radius 1 is 1.25 bits per heavy atom. The van der Waals surface area contributed by atoms with Crippen LogP contribution in [-0.4, -0.2) is 34.2 Å².